The minimum Gasteiger partial charge on any atom is -0.453 e. The molecule has 3 aromatic carbocycles. The second-order valence-corrected chi connectivity index (χ2v) is 15.4. The summed E-state index contributed by atoms with van der Waals surface area (Å²) in [6.07, 6.45) is 3.55. The van der Waals surface area contributed by atoms with Crippen LogP contribution >= 0.6 is 0 Å². The number of nitrogens with zero attached hydrogens (tertiary/aromatic N) is 4. The number of likely N-dealkylation sites (tertiary alicyclic amines) is 1. The lowest BCUT2D eigenvalue weighted by Crippen LogP contribution is -2.52. The summed E-state index contributed by atoms with van der Waals surface area (Å²) in [4.78, 5) is 72.0. The molecule has 4 N–H and O–H groups in total. The van der Waals surface area contributed by atoms with Gasteiger partial charge in [0.2, 0.25) is 11.8 Å². The monoisotopic (exact) mass is 792 g/mol. The molecule has 5 atom stereocenters. The number of imidazole rings is 2. The fraction of sp³-hybridized carbons (Fsp3) is 0.455. The highest BCUT2D eigenvalue weighted by Crippen LogP contribution is 2.35. The highest BCUT2D eigenvalue weighted by atomic mass is 16.5. The van der Waals surface area contributed by atoms with Gasteiger partial charge >= 0.3 is 12.2 Å². The summed E-state index contributed by atoms with van der Waals surface area (Å²) < 4.78 is 9.60. The number of carbonyl (C=O) groups is 4. The minimum absolute atomic E-state index is 0.0581. The summed E-state index contributed by atoms with van der Waals surface area (Å²) in [6, 6.07) is 16.8. The molecule has 4 amide bonds. The average molecular weight is 793 g/mol. The van der Waals surface area contributed by atoms with Crippen molar-refractivity contribution in [1.82, 2.24) is 40.4 Å². The van der Waals surface area contributed by atoms with Gasteiger partial charge in [-0.25, -0.2) is 19.6 Å². The molecule has 1 fully saturated rings. The number of alkyl carbamates (subject to hydrolysis) is 2. The van der Waals surface area contributed by atoms with Crippen molar-refractivity contribution in [2.75, 3.05) is 27.3 Å². The van der Waals surface area contributed by atoms with E-state index in [-0.39, 0.29) is 35.7 Å². The van der Waals surface area contributed by atoms with Gasteiger partial charge in [-0.2, -0.15) is 0 Å². The van der Waals surface area contributed by atoms with E-state index >= 15 is 0 Å². The molecule has 1 aliphatic heterocycles. The Bertz CT molecular complexity index is 2250. The Morgan fingerprint density at radius 2 is 1.53 bits per heavy atom. The lowest BCUT2D eigenvalue weighted by Gasteiger charge is -2.33. The number of benzene rings is 3. The smallest absolute Gasteiger partial charge is 0.407 e. The number of nitrogens with one attached hydrogen (secondary N) is 4. The standard InChI is InChI=1S/C44H56N8O6/c1-9-26(6)37(50-44(56)58-8)42(54)52-22-12-13-35(52)39-45-24-33(47-39)28-16-14-27(15-17-28)29-18-20-31-30(23-29)19-21-32-38(31)48-40(46-32)34(10-2)51(11-3)41(53)36(25(4)5)49-43(55)57-7/h14-21,23-26,34-37H,9-13,22H2,1-8H3,(H,45,47)(H,46,48)(H,49,55)(H,50,56)/t26?,34-,35-,36-,37-/m0/s1. The van der Waals surface area contributed by atoms with Gasteiger partial charge in [-0.1, -0.05) is 83.5 Å². The zero-order chi connectivity index (χ0) is 41.7. The van der Waals surface area contributed by atoms with E-state index < -0.39 is 24.3 Å². The van der Waals surface area contributed by atoms with Gasteiger partial charge in [0, 0.05) is 18.5 Å². The van der Waals surface area contributed by atoms with Gasteiger partial charge in [-0.15, -0.1) is 0 Å². The van der Waals surface area contributed by atoms with Crippen molar-refractivity contribution in [3.8, 4) is 22.4 Å². The van der Waals surface area contributed by atoms with Crippen molar-refractivity contribution >= 4 is 45.8 Å². The topological polar surface area (TPSA) is 175 Å². The number of methoxy groups -OCH3 is 2. The first-order valence-corrected chi connectivity index (χ1v) is 20.3. The molecule has 1 saturated heterocycles. The molecule has 0 saturated carbocycles. The molecule has 14 heteroatoms. The highest BCUT2D eigenvalue weighted by Gasteiger charge is 2.38. The maximum atomic E-state index is 13.8. The Labute approximate surface area is 339 Å². The van der Waals surface area contributed by atoms with Crippen LogP contribution in [-0.2, 0) is 19.1 Å². The molecule has 2 aromatic heterocycles. The van der Waals surface area contributed by atoms with Crippen LogP contribution < -0.4 is 10.6 Å². The third-order valence-corrected chi connectivity index (χ3v) is 11.5. The maximum absolute atomic E-state index is 13.8. The Kier molecular flexibility index (Phi) is 13.0. The van der Waals surface area contributed by atoms with E-state index in [1.54, 1.807) is 4.90 Å². The lowest BCUT2D eigenvalue weighted by atomic mass is 9.97. The number of rotatable bonds is 14. The van der Waals surface area contributed by atoms with Crippen molar-refractivity contribution < 1.29 is 28.7 Å². The first-order valence-electron chi connectivity index (χ1n) is 20.3. The van der Waals surface area contributed by atoms with E-state index in [0.717, 1.165) is 69.3 Å². The number of amides is 4. The van der Waals surface area contributed by atoms with Crippen LogP contribution in [0.5, 0.6) is 0 Å². The van der Waals surface area contributed by atoms with Gasteiger partial charge in [-0.05, 0) is 72.2 Å². The summed E-state index contributed by atoms with van der Waals surface area (Å²) in [5, 5.41) is 7.50. The molecule has 3 heterocycles. The van der Waals surface area contributed by atoms with Crippen LogP contribution in [0.1, 0.15) is 91.0 Å². The SMILES string of the molecule is CCC(C)[C@H](NC(=O)OC)C(=O)N1CCC[C@H]1c1ncc(-c2ccc(-c3ccc4c(ccc5[nH]c([C@H](CC)N(CC)C(=O)[C@@H](NC(=O)OC)C(C)C)nc54)c3)cc2)[nH]1. The molecule has 1 unspecified atom stereocenters. The number of aromatic amines is 2. The van der Waals surface area contributed by atoms with Crippen molar-refractivity contribution in [3.63, 3.8) is 0 Å². The molecular weight excluding hydrogens is 737 g/mol. The third kappa shape index (κ3) is 8.51. The lowest BCUT2D eigenvalue weighted by molar-refractivity contribution is -0.137. The molecular formula is C44H56N8O6. The van der Waals surface area contributed by atoms with E-state index in [0.29, 0.717) is 25.3 Å². The van der Waals surface area contributed by atoms with E-state index in [9.17, 15) is 19.2 Å². The molecule has 0 bridgehead atoms. The van der Waals surface area contributed by atoms with Crippen molar-refractivity contribution in [2.24, 2.45) is 11.8 Å². The number of hydrogen-bond donors (Lipinski definition) is 4. The van der Waals surface area contributed by atoms with Crippen LogP contribution in [-0.4, -0.2) is 93.1 Å². The van der Waals surface area contributed by atoms with Gasteiger partial charge in [-0.3, -0.25) is 9.59 Å². The molecule has 0 spiro atoms. The Balaban J connectivity index is 1.20. The largest absolute Gasteiger partial charge is 0.453 e. The number of carbonyl (C=O) groups excluding carboxylic acids is 4. The second kappa shape index (κ2) is 18.1. The second-order valence-electron chi connectivity index (χ2n) is 15.4. The normalized spacial score (nSPS) is 16.2. The summed E-state index contributed by atoms with van der Waals surface area (Å²) in [5.74, 6) is 0.916. The third-order valence-electron chi connectivity index (χ3n) is 11.5. The van der Waals surface area contributed by atoms with Gasteiger partial charge in [0.05, 0.1) is 49.2 Å². The summed E-state index contributed by atoms with van der Waals surface area (Å²) in [6.45, 7) is 12.7. The van der Waals surface area contributed by atoms with E-state index in [4.69, 9.17) is 19.4 Å². The van der Waals surface area contributed by atoms with Gasteiger partial charge in [0.15, 0.2) is 0 Å². The molecule has 0 radical (unpaired) electrons. The number of ether oxygens (including phenoxy) is 2. The van der Waals surface area contributed by atoms with Crippen molar-refractivity contribution in [2.45, 2.75) is 91.4 Å². The number of hydrogen-bond acceptors (Lipinski definition) is 8. The van der Waals surface area contributed by atoms with Crippen LogP contribution in [0.15, 0.2) is 60.8 Å². The molecule has 308 valence electrons. The van der Waals surface area contributed by atoms with Gasteiger partial charge in [0.1, 0.15) is 23.7 Å². The van der Waals surface area contributed by atoms with Crippen molar-refractivity contribution in [1.29, 1.82) is 0 Å². The minimum atomic E-state index is -0.733. The Morgan fingerprint density at radius 1 is 0.862 bits per heavy atom. The summed E-state index contributed by atoms with van der Waals surface area (Å²) in [5.41, 5.74) is 5.65. The van der Waals surface area contributed by atoms with Crippen LogP contribution in [0.4, 0.5) is 9.59 Å². The molecule has 14 nitrogen and oxygen atoms in total. The van der Waals surface area contributed by atoms with Crippen LogP contribution in [0, 0.1) is 11.8 Å². The number of fused-ring (bicyclic) bond motifs is 3. The predicted molar refractivity (Wildman–Crippen MR) is 224 cm³/mol. The Hall–Kier alpha value is -5.92. The van der Waals surface area contributed by atoms with E-state index in [1.807, 2.05) is 58.7 Å². The fourth-order valence-corrected chi connectivity index (χ4v) is 7.99. The molecule has 5 aromatic rings. The van der Waals surface area contributed by atoms with Crippen LogP contribution in [0.3, 0.4) is 0 Å². The highest BCUT2D eigenvalue weighted by molar-refractivity contribution is 6.05. The maximum Gasteiger partial charge on any atom is 0.407 e. The average Bonchev–Trinajstić information content (AvgIpc) is 4.03. The molecule has 6 rings (SSSR count). The summed E-state index contributed by atoms with van der Waals surface area (Å²) >= 11 is 0. The van der Waals surface area contributed by atoms with Gasteiger partial charge in [0.25, 0.3) is 0 Å². The van der Waals surface area contributed by atoms with Crippen LogP contribution in [0.2, 0.25) is 0 Å². The molecule has 0 aliphatic carbocycles. The zero-order valence-corrected chi connectivity index (χ0v) is 34.7. The molecule has 58 heavy (non-hydrogen) atoms. The van der Waals surface area contributed by atoms with Crippen molar-refractivity contribution in [3.05, 3.63) is 72.4 Å². The zero-order valence-electron chi connectivity index (χ0n) is 34.7. The first kappa shape index (κ1) is 41.7. The summed E-state index contributed by atoms with van der Waals surface area (Å²) in [7, 11) is 2.59. The Morgan fingerprint density at radius 3 is 2.17 bits per heavy atom. The van der Waals surface area contributed by atoms with E-state index in [2.05, 4.69) is 69.1 Å². The predicted octanol–water partition coefficient (Wildman–Crippen LogP) is 7.89. The number of H-pyrrole nitrogens is 2. The first-order chi connectivity index (χ1) is 27.9. The van der Waals surface area contributed by atoms with Gasteiger partial charge < -0.3 is 39.9 Å². The quantitative estimate of drug-likeness (QED) is 0.0878. The number of likely N-dealkylation sites (N-methyl/N-ethyl adjacent to an activating group) is 1. The fourth-order valence-electron chi connectivity index (χ4n) is 7.99. The number of aromatic nitrogens is 4. The van der Waals surface area contributed by atoms with E-state index in [1.165, 1.54) is 14.2 Å². The van der Waals surface area contributed by atoms with Crippen LogP contribution in [0.25, 0.3) is 44.2 Å². The molecule has 1 aliphatic rings.